The molecule has 0 fully saturated rings. The Kier molecular flexibility index (Phi) is 390. The predicted octanol–water partition coefficient (Wildman–Crippen LogP) is 0.0704. The Morgan fingerprint density at radius 3 is 0.400 bits per heavy atom. The third-order valence-electron chi connectivity index (χ3n) is 0. The molecule has 0 unspecified atom stereocenters. The van der Waals surface area contributed by atoms with Gasteiger partial charge in [-0.2, -0.15) is 54.0 Å². The average molecular weight is 258 g/mol. The summed E-state index contributed by atoms with van der Waals surface area (Å²) in [7, 11) is 0. The first-order valence-corrected chi connectivity index (χ1v) is 0. The summed E-state index contributed by atoms with van der Waals surface area (Å²) < 4.78 is 0. The second-order valence-electron chi connectivity index (χ2n) is 0. The maximum Gasteiger partial charge on any atom is 0 e. The molecular weight excluding hydrogens is 250 g/mol. The van der Waals surface area contributed by atoms with E-state index in [4.69, 9.17) is 0 Å². The maximum absolute atomic E-state index is 0. The van der Waals surface area contributed by atoms with E-state index in [0.717, 1.165) is 0 Å². The normalized spacial score (nSPS) is 0. The van der Waals surface area contributed by atoms with Gasteiger partial charge in [0, 0.05) is 24.4 Å². The van der Waals surface area contributed by atoms with E-state index in [1.165, 1.54) is 0 Å². The molecule has 0 saturated heterocycles. The fraction of sp³-hybridized carbons (Fsp3) is 0. The van der Waals surface area contributed by atoms with Crippen LogP contribution in [0.2, 0.25) is 0 Å². The van der Waals surface area contributed by atoms with Crippen molar-refractivity contribution in [3.63, 3.8) is 0 Å². The van der Waals surface area contributed by atoms with Gasteiger partial charge in [-0.15, -0.1) is 0 Å². The monoisotopic (exact) mass is 257 g/mol. The summed E-state index contributed by atoms with van der Waals surface area (Å²) >= 11 is 0. The molecule has 0 aliphatic carbocycles. The van der Waals surface area contributed by atoms with Crippen molar-refractivity contribution >= 4 is 78.4 Å². The van der Waals surface area contributed by atoms with Crippen LogP contribution >= 0.6 is 54.0 Å². The Balaban J connectivity index is 0. The Morgan fingerprint density at radius 1 is 0.400 bits per heavy atom. The Bertz CT molecular complexity index is 3.61. The molecule has 0 spiro atoms. The van der Waals surface area contributed by atoms with Gasteiger partial charge in [0.1, 0.15) is 0 Å². The fourth-order valence-electron chi connectivity index (χ4n) is 0. The molecule has 0 atom stereocenters. The molecule has 0 aliphatic heterocycles. The molecule has 3 radical (unpaired) electrons. The zero-order valence-electron chi connectivity index (χ0n) is 2.45. The van der Waals surface area contributed by atoms with Crippen molar-refractivity contribution in [2.75, 3.05) is 0 Å². The summed E-state index contributed by atoms with van der Waals surface area (Å²) in [5.74, 6) is 0. The zero-order chi connectivity index (χ0) is 0. The van der Waals surface area contributed by atoms with Crippen LogP contribution in [-0.2, 0) is 0 Å². The van der Waals surface area contributed by atoms with Gasteiger partial charge < -0.3 is 0 Å². The van der Waals surface area contributed by atoms with E-state index in [1.54, 1.807) is 0 Å². The second kappa shape index (κ2) is 34.4. The molecule has 37 valence electrons. The summed E-state index contributed by atoms with van der Waals surface area (Å²) in [6, 6.07) is 0. The SMILES string of the molecule is S.S.S.S.[Sb]. The van der Waals surface area contributed by atoms with Gasteiger partial charge in [-0.1, -0.05) is 0 Å². The van der Waals surface area contributed by atoms with Gasteiger partial charge in [0.2, 0.25) is 0 Å². The quantitative estimate of drug-likeness (QED) is 0.539. The van der Waals surface area contributed by atoms with Crippen molar-refractivity contribution in [3.05, 3.63) is 0 Å². The fourth-order valence-corrected chi connectivity index (χ4v) is 0. The van der Waals surface area contributed by atoms with Crippen molar-refractivity contribution in [3.8, 4) is 0 Å². The van der Waals surface area contributed by atoms with Crippen LogP contribution in [0.25, 0.3) is 0 Å². The van der Waals surface area contributed by atoms with Gasteiger partial charge in [-0.05, 0) is 0 Å². The minimum absolute atomic E-state index is 0. The summed E-state index contributed by atoms with van der Waals surface area (Å²) in [6.07, 6.45) is 0. The van der Waals surface area contributed by atoms with Crippen LogP contribution in [-0.4, -0.2) is 24.4 Å². The van der Waals surface area contributed by atoms with Gasteiger partial charge in [0.05, 0.1) is 0 Å². The maximum atomic E-state index is 0. The van der Waals surface area contributed by atoms with Crippen LogP contribution in [0.4, 0.5) is 0 Å². The van der Waals surface area contributed by atoms with Crippen LogP contribution in [0.15, 0.2) is 0 Å². The van der Waals surface area contributed by atoms with E-state index in [1.807, 2.05) is 0 Å². The summed E-state index contributed by atoms with van der Waals surface area (Å²) in [6.45, 7) is 0. The molecule has 0 saturated carbocycles. The number of rotatable bonds is 0. The van der Waals surface area contributed by atoms with E-state index < -0.39 is 0 Å². The second-order valence-corrected chi connectivity index (χ2v) is 0. The molecule has 0 rings (SSSR count). The largest absolute Gasteiger partial charge is 0.197 e. The van der Waals surface area contributed by atoms with Crippen LogP contribution in [0.5, 0.6) is 0 Å². The van der Waals surface area contributed by atoms with Crippen LogP contribution in [0.3, 0.4) is 0 Å². The summed E-state index contributed by atoms with van der Waals surface area (Å²) in [5.41, 5.74) is 0. The summed E-state index contributed by atoms with van der Waals surface area (Å²) in [4.78, 5) is 0. The van der Waals surface area contributed by atoms with Crippen molar-refractivity contribution < 1.29 is 0 Å². The smallest absolute Gasteiger partial charge is 0 e. The molecule has 0 aliphatic rings. The van der Waals surface area contributed by atoms with Gasteiger partial charge in [-0.25, -0.2) is 0 Å². The van der Waals surface area contributed by atoms with Crippen molar-refractivity contribution in [2.45, 2.75) is 0 Å². The Morgan fingerprint density at radius 2 is 0.400 bits per heavy atom. The van der Waals surface area contributed by atoms with Gasteiger partial charge in [0.25, 0.3) is 0 Å². The standard InChI is InChI=1S/4H2S.Sb/h4*1H2;. The van der Waals surface area contributed by atoms with Crippen molar-refractivity contribution in [1.82, 2.24) is 0 Å². The van der Waals surface area contributed by atoms with Crippen molar-refractivity contribution in [1.29, 1.82) is 0 Å². The molecule has 0 nitrogen and oxygen atoms in total. The molecule has 0 amide bonds. The van der Waals surface area contributed by atoms with E-state index in [-0.39, 0.29) is 78.4 Å². The minimum atomic E-state index is 0. The molecule has 5 heteroatoms. The third-order valence-corrected chi connectivity index (χ3v) is 0. The molecule has 0 aromatic heterocycles. The molecule has 0 bridgehead atoms. The first kappa shape index (κ1) is 56.7. The Labute approximate surface area is 77.7 Å². The number of hydrogen-bond acceptors (Lipinski definition) is 0. The minimum Gasteiger partial charge on any atom is -0.197 e. The first-order chi connectivity index (χ1) is 0. The van der Waals surface area contributed by atoms with Gasteiger partial charge in [-0.3, -0.25) is 0 Å². The van der Waals surface area contributed by atoms with Crippen LogP contribution < -0.4 is 0 Å². The average Bonchev–Trinajstić information content (AvgIpc) is 0. The van der Waals surface area contributed by atoms with E-state index in [9.17, 15) is 0 Å². The van der Waals surface area contributed by atoms with E-state index >= 15 is 0 Å². The third kappa shape index (κ3) is 22.5. The molecule has 0 aromatic carbocycles. The molecule has 0 heterocycles. The molecule has 0 aromatic rings. The molecular formula is H8S4Sb. The first-order valence-electron chi connectivity index (χ1n) is 0. The van der Waals surface area contributed by atoms with Gasteiger partial charge in [0.15, 0.2) is 0 Å². The van der Waals surface area contributed by atoms with Crippen LogP contribution in [0, 0.1) is 0 Å². The topological polar surface area (TPSA) is 0 Å². The molecule has 0 N–H and O–H groups in total. The predicted molar refractivity (Wildman–Crippen MR) is 47.3 cm³/mol. The molecule has 5 heavy (non-hydrogen) atoms. The number of hydrogen-bond donors (Lipinski definition) is 0. The van der Waals surface area contributed by atoms with E-state index in [0.29, 0.717) is 0 Å². The van der Waals surface area contributed by atoms with E-state index in [2.05, 4.69) is 0 Å². The van der Waals surface area contributed by atoms with Crippen molar-refractivity contribution in [2.24, 2.45) is 0 Å². The van der Waals surface area contributed by atoms with Gasteiger partial charge >= 0.3 is 0 Å². The van der Waals surface area contributed by atoms with Crippen LogP contribution in [0.1, 0.15) is 0 Å². The Hall–Kier alpha value is 2.22. The zero-order valence-corrected chi connectivity index (χ0v) is 9.00. The summed E-state index contributed by atoms with van der Waals surface area (Å²) in [5, 5.41) is 0.